The lowest BCUT2D eigenvalue weighted by Crippen LogP contribution is -2.49. The van der Waals surface area contributed by atoms with Crippen molar-refractivity contribution in [3.63, 3.8) is 0 Å². The van der Waals surface area contributed by atoms with Gasteiger partial charge in [-0.05, 0) is 0 Å². The average molecular weight is 164 g/mol. The Bertz CT molecular complexity index is 80.7. The van der Waals surface area contributed by atoms with E-state index in [4.69, 9.17) is 15.3 Å². The molecule has 0 bridgehead atoms. The second-order valence-corrected chi connectivity index (χ2v) is 2.96. The number of aliphatic hydroxyl groups is 3. The van der Waals surface area contributed by atoms with Crippen LogP contribution in [0.4, 0.5) is 0 Å². The minimum absolute atomic E-state index is 0.0938. The molecule has 11 heavy (non-hydrogen) atoms. The molecule has 0 heterocycles. The predicted octanol–water partition coefficient (Wildman–Crippen LogP) is -1.59. The highest BCUT2D eigenvalue weighted by Crippen LogP contribution is 1.99. The molecule has 3 N–H and O–H groups in total. The highest BCUT2D eigenvalue weighted by Gasteiger charge is 2.18. The molecule has 0 amide bonds. The van der Waals surface area contributed by atoms with E-state index in [1.807, 2.05) is 7.05 Å². The molecule has 0 aromatic carbocycles. The fourth-order valence-corrected chi connectivity index (χ4v) is 1.06. The standard InChI is InChI=1S/C7H18NO3/c1-8(2-5-9,3-6-10)4-7-11/h9-11H,2-7H2,1H3/q+1. The fourth-order valence-electron chi connectivity index (χ4n) is 1.06. The lowest BCUT2D eigenvalue weighted by Gasteiger charge is -2.32. The van der Waals surface area contributed by atoms with E-state index in [-0.39, 0.29) is 19.8 Å². The largest absolute Gasteiger partial charge is 0.391 e. The molecule has 0 fully saturated rings. The first-order chi connectivity index (χ1) is 5.18. The van der Waals surface area contributed by atoms with Gasteiger partial charge in [0.05, 0.1) is 26.9 Å². The van der Waals surface area contributed by atoms with Crippen LogP contribution >= 0.6 is 0 Å². The second kappa shape index (κ2) is 5.49. The molecule has 0 unspecified atom stereocenters. The van der Waals surface area contributed by atoms with Crippen molar-refractivity contribution in [3.8, 4) is 0 Å². The zero-order valence-corrected chi connectivity index (χ0v) is 7.03. The summed E-state index contributed by atoms with van der Waals surface area (Å²) in [5, 5.41) is 26.0. The van der Waals surface area contributed by atoms with E-state index in [0.717, 1.165) is 0 Å². The second-order valence-electron chi connectivity index (χ2n) is 2.96. The molecule has 68 valence electrons. The number of hydrogen-bond donors (Lipinski definition) is 3. The third-order valence-corrected chi connectivity index (χ3v) is 1.92. The number of quaternary nitrogens is 1. The van der Waals surface area contributed by atoms with E-state index in [2.05, 4.69) is 0 Å². The minimum Gasteiger partial charge on any atom is -0.391 e. The Morgan fingerprint density at radius 1 is 0.818 bits per heavy atom. The van der Waals surface area contributed by atoms with Crippen LogP contribution in [0.1, 0.15) is 0 Å². The molecule has 0 radical (unpaired) electrons. The number of nitrogens with zero attached hydrogens (tertiary/aromatic N) is 1. The first-order valence-electron chi connectivity index (χ1n) is 3.84. The molecular weight excluding hydrogens is 146 g/mol. The Balaban J connectivity index is 3.79. The van der Waals surface area contributed by atoms with Crippen LogP contribution in [0.2, 0.25) is 0 Å². The Hall–Kier alpha value is -0.160. The van der Waals surface area contributed by atoms with Gasteiger partial charge in [-0.15, -0.1) is 0 Å². The van der Waals surface area contributed by atoms with Crippen LogP contribution < -0.4 is 0 Å². The van der Waals surface area contributed by atoms with Gasteiger partial charge in [-0.2, -0.15) is 0 Å². The van der Waals surface area contributed by atoms with Crippen LogP contribution in [-0.2, 0) is 0 Å². The first kappa shape index (κ1) is 10.8. The van der Waals surface area contributed by atoms with Gasteiger partial charge in [0, 0.05) is 0 Å². The van der Waals surface area contributed by atoms with Gasteiger partial charge in [0.15, 0.2) is 0 Å². The Labute approximate surface area is 67.3 Å². The Morgan fingerprint density at radius 2 is 1.09 bits per heavy atom. The van der Waals surface area contributed by atoms with E-state index in [0.29, 0.717) is 24.1 Å². The van der Waals surface area contributed by atoms with Crippen molar-refractivity contribution >= 4 is 0 Å². The molecule has 0 aliphatic rings. The average Bonchev–Trinajstić information content (AvgIpc) is 1.88. The van der Waals surface area contributed by atoms with Crippen LogP contribution in [0, 0.1) is 0 Å². The quantitative estimate of drug-likeness (QED) is 0.415. The highest BCUT2D eigenvalue weighted by molar-refractivity contribution is 4.37. The summed E-state index contributed by atoms with van der Waals surface area (Å²) in [4.78, 5) is 0. The Morgan fingerprint density at radius 3 is 1.27 bits per heavy atom. The number of rotatable bonds is 6. The molecule has 0 aliphatic carbocycles. The number of hydrogen-bond acceptors (Lipinski definition) is 3. The van der Waals surface area contributed by atoms with Crippen molar-refractivity contribution in [2.45, 2.75) is 0 Å². The summed E-state index contributed by atoms with van der Waals surface area (Å²) in [7, 11) is 1.91. The fraction of sp³-hybridized carbons (Fsp3) is 1.00. The topological polar surface area (TPSA) is 60.7 Å². The third-order valence-electron chi connectivity index (χ3n) is 1.92. The summed E-state index contributed by atoms with van der Waals surface area (Å²) in [6, 6.07) is 0. The zero-order chi connectivity index (χ0) is 8.74. The third kappa shape index (κ3) is 4.31. The highest BCUT2D eigenvalue weighted by atomic mass is 16.3. The van der Waals surface area contributed by atoms with Crippen LogP contribution in [0.5, 0.6) is 0 Å². The smallest absolute Gasteiger partial charge is 0.102 e. The molecule has 0 rings (SSSR count). The van der Waals surface area contributed by atoms with Crippen molar-refractivity contribution < 1.29 is 19.8 Å². The summed E-state index contributed by atoms with van der Waals surface area (Å²) < 4.78 is 0.531. The molecule has 4 nitrogen and oxygen atoms in total. The lowest BCUT2D eigenvalue weighted by atomic mass is 10.4. The van der Waals surface area contributed by atoms with Gasteiger partial charge in [0.1, 0.15) is 19.6 Å². The molecule has 0 spiro atoms. The van der Waals surface area contributed by atoms with Gasteiger partial charge in [-0.3, -0.25) is 0 Å². The van der Waals surface area contributed by atoms with E-state index in [1.54, 1.807) is 0 Å². The van der Waals surface area contributed by atoms with E-state index < -0.39 is 0 Å². The molecule has 4 heteroatoms. The van der Waals surface area contributed by atoms with E-state index in [1.165, 1.54) is 0 Å². The Kier molecular flexibility index (Phi) is 5.41. The van der Waals surface area contributed by atoms with Crippen LogP contribution in [0.25, 0.3) is 0 Å². The maximum atomic E-state index is 8.68. The van der Waals surface area contributed by atoms with Gasteiger partial charge in [-0.25, -0.2) is 0 Å². The SMILES string of the molecule is C[N+](CCO)(CCO)CCO. The van der Waals surface area contributed by atoms with Crippen molar-refractivity contribution in [1.29, 1.82) is 0 Å². The summed E-state index contributed by atoms with van der Waals surface area (Å²) in [6.45, 7) is 2.03. The predicted molar refractivity (Wildman–Crippen MR) is 42.0 cm³/mol. The van der Waals surface area contributed by atoms with Crippen molar-refractivity contribution in [2.75, 3.05) is 46.5 Å². The number of likely N-dealkylation sites (N-methyl/N-ethyl adjacent to an activating group) is 1. The maximum Gasteiger partial charge on any atom is 0.102 e. The summed E-state index contributed by atoms with van der Waals surface area (Å²) in [6.07, 6.45) is 0. The normalized spacial score (nSPS) is 12.0. The van der Waals surface area contributed by atoms with Gasteiger partial charge in [-0.1, -0.05) is 0 Å². The zero-order valence-electron chi connectivity index (χ0n) is 7.03. The minimum atomic E-state index is 0.0938. The molecule has 0 aromatic heterocycles. The maximum absolute atomic E-state index is 8.68. The number of aliphatic hydroxyl groups excluding tert-OH is 3. The monoisotopic (exact) mass is 164 g/mol. The van der Waals surface area contributed by atoms with Crippen LogP contribution in [0.3, 0.4) is 0 Å². The van der Waals surface area contributed by atoms with Gasteiger partial charge in [0.25, 0.3) is 0 Å². The summed E-state index contributed by atoms with van der Waals surface area (Å²) in [5.74, 6) is 0. The molecule has 0 saturated carbocycles. The van der Waals surface area contributed by atoms with Gasteiger partial charge < -0.3 is 19.8 Å². The van der Waals surface area contributed by atoms with Crippen molar-refractivity contribution in [3.05, 3.63) is 0 Å². The first-order valence-corrected chi connectivity index (χ1v) is 3.84. The van der Waals surface area contributed by atoms with Crippen molar-refractivity contribution in [2.24, 2.45) is 0 Å². The van der Waals surface area contributed by atoms with Crippen LogP contribution in [0.15, 0.2) is 0 Å². The van der Waals surface area contributed by atoms with Gasteiger partial charge >= 0.3 is 0 Å². The summed E-state index contributed by atoms with van der Waals surface area (Å²) >= 11 is 0. The molecule has 0 aliphatic heterocycles. The van der Waals surface area contributed by atoms with Gasteiger partial charge in [0.2, 0.25) is 0 Å². The van der Waals surface area contributed by atoms with E-state index >= 15 is 0 Å². The van der Waals surface area contributed by atoms with Crippen molar-refractivity contribution in [1.82, 2.24) is 0 Å². The van der Waals surface area contributed by atoms with Crippen LogP contribution in [-0.4, -0.2) is 66.3 Å². The lowest BCUT2D eigenvalue weighted by molar-refractivity contribution is -0.910. The molecule has 0 atom stereocenters. The molecule has 0 saturated heterocycles. The molecule has 0 aromatic rings. The van der Waals surface area contributed by atoms with E-state index in [9.17, 15) is 0 Å². The summed E-state index contributed by atoms with van der Waals surface area (Å²) in [5.41, 5.74) is 0. The molecular formula is C7H18NO3+.